The van der Waals surface area contributed by atoms with E-state index in [-0.39, 0.29) is 23.9 Å². The number of aryl methyl sites for hydroxylation is 2. The van der Waals surface area contributed by atoms with Crippen LogP contribution in [0.3, 0.4) is 0 Å². The van der Waals surface area contributed by atoms with Crippen molar-refractivity contribution in [2.24, 2.45) is 5.92 Å². The Bertz CT molecular complexity index is 1130. The number of hydrogen-bond donors (Lipinski definition) is 2. The molecule has 36 heavy (non-hydrogen) atoms. The molecule has 5 rings (SSSR count). The Hall–Kier alpha value is -3.06. The van der Waals surface area contributed by atoms with Gasteiger partial charge in [0.15, 0.2) is 0 Å². The molecule has 192 valence electrons. The van der Waals surface area contributed by atoms with Crippen LogP contribution in [-0.2, 0) is 17.9 Å². The van der Waals surface area contributed by atoms with Gasteiger partial charge in [-0.15, -0.1) is 0 Å². The Labute approximate surface area is 214 Å². The molecule has 7 heteroatoms. The zero-order valence-corrected chi connectivity index (χ0v) is 21.7. The molecular formula is C29H38N4O3. The SMILES string of the molecule is COc1cc(NC(=O)C2CCC(N3Cc4c(C)cc(CN5CCCC5)cc4NC3=O)CC2)ccc1C. The van der Waals surface area contributed by atoms with Gasteiger partial charge in [-0.1, -0.05) is 12.1 Å². The topological polar surface area (TPSA) is 73.9 Å². The van der Waals surface area contributed by atoms with Crippen LogP contribution in [0.25, 0.3) is 0 Å². The molecule has 1 saturated heterocycles. The fourth-order valence-electron chi connectivity index (χ4n) is 6.02. The highest BCUT2D eigenvalue weighted by atomic mass is 16.5. The van der Waals surface area contributed by atoms with Crippen molar-refractivity contribution in [3.63, 3.8) is 0 Å². The third-order valence-electron chi connectivity index (χ3n) is 8.15. The van der Waals surface area contributed by atoms with Crippen LogP contribution in [-0.4, -0.2) is 48.0 Å². The minimum absolute atomic E-state index is 0.0140. The summed E-state index contributed by atoms with van der Waals surface area (Å²) in [4.78, 5) is 30.5. The van der Waals surface area contributed by atoms with Gasteiger partial charge in [-0.05, 0) is 99.8 Å². The number of carbonyl (C=O) groups is 2. The van der Waals surface area contributed by atoms with Crippen LogP contribution in [0.15, 0.2) is 30.3 Å². The van der Waals surface area contributed by atoms with E-state index in [1.54, 1.807) is 7.11 Å². The minimum atomic E-state index is -0.0384. The Balaban J connectivity index is 1.19. The summed E-state index contributed by atoms with van der Waals surface area (Å²) in [6, 6.07) is 10.3. The lowest BCUT2D eigenvalue weighted by atomic mass is 9.84. The molecule has 3 amide bonds. The second-order valence-electron chi connectivity index (χ2n) is 10.7. The minimum Gasteiger partial charge on any atom is -0.496 e. The number of methoxy groups -OCH3 is 1. The van der Waals surface area contributed by atoms with Gasteiger partial charge < -0.3 is 20.3 Å². The molecule has 0 atom stereocenters. The van der Waals surface area contributed by atoms with E-state index in [0.29, 0.717) is 6.54 Å². The molecule has 0 spiro atoms. The Morgan fingerprint density at radius 2 is 1.81 bits per heavy atom. The highest BCUT2D eigenvalue weighted by Crippen LogP contribution is 2.35. The average Bonchev–Trinajstić information content (AvgIpc) is 3.38. The number of benzene rings is 2. The molecule has 1 saturated carbocycles. The van der Waals surface area contributed by atoms with Gasteiger partial charge in [-0.2, -0.15) is 0 Å². The first-order valence-electron chi connectivity index (χ1n) is 13.3. The highest BCUT2D eigenvalue weighted by Gasteiger charge is 2.34. The van der Waals surface area contributed by atoms with Gasteiger partial charge in [0.05, 0.1) is 13.7 Å². The monoisotopic (exact) mass is 490 g/mol. The number of likely N-dealkylation sites (tertiary alicyclic amines) is 1. The number of urea groups is 1. The van der Waals surface area contributed by atoms with Crippen LogP contribution in [0.1, 0.15) is 60.8 Å². The summed E-state index contributed by atoms with van der Waals surface area (Å²) in [6.07, 6.45) is 5.79. The highest BCUT2D eigenvalue weighted by molar-refractivity contribution is 5.94. The van der Waals surface area contributed by atoms with E-state index in [0.717, 1.165) is 68.0 Å². The van der Waals surface area contributed by atoms with Crippen molar-refractivity contribution in [2.45, 2.75) is 71.5 Å². The van der Waals surface area contributed by atoms with Crippen molar-refractivity contribution in [3.8, 4) is 5.75 Å². The fourth-order valence-corrected chi connectivity index (χ4v) is 6.02. The maximum Gasteiger partial charge on any atom is 0.322 e. The quantitative estimate of drug-likeness (QED) is 0.565. The summed E-state index contributed by atoms with van der Waals surface area (Å²) in [5.41, 5.74) is 6.50. The number of ether oxygens (including phenoxy) is 1. The zero-order valence-electron chi connectivity index (χ0n) is 21.7. The number of hydrogen-bond acceptors (Lipinski definition) is 4. The molecule has 2 fully saturated rings. The van der Waals surface area contributed by atoms with Crippen molar-refractivity contribution in [1.82, 2.24) is 9.80 Å². The second kappa shape index (κ2) is 10.5. The maximum absolute atomic E-state index is 13.1. The molecule has 2 aromatic carbocycles. The fraction of sp³-hybridized carbons (Fsp3) is 0.517. The first-order chi connectivity index (χ1) is 17.4. The number of fused-ring (bicyclic) bond motifs is 1. The van der Waals surface area contributed by atoms with Crippen molar-refractivity contribution in [2.75, 3.05) is 30.8 Å². The summed E-state index contributed by atoms with van der Waals surface area (Å²) < 4.78 is 5.38. The van der Waals surface area contributed by atoms with Gasteiger partial charge in [0, 0.05) is 35.9 Å². The Morgan fingerprint density at radius 3 is 2.53 bits per heavy atom. The number of rotatable bonds is 6. The predicted octanol–water partition coefficient (Wildman–Crippen LogP) is 5.45. The lowest BCUT2D eigenvalue weighted by Gasteiger charge is -2.39. The molecule has 2 aromatic rings. The van der Waals surface area contributed by atoms with Gasteiger partial charge in [0.1, 0.15) is 5.75 Å². The van der Waals surface area contributed by atoms with Crippen molar-refractivity contribution >= 4 is 23.3 Å². The van der Waals surface area contributed by atoms with E-state index in [2.05, 4.69) is 34.6 Å². The lowest BCUT2D eigenvalue weighted by Crippen LogP contribution is -2.47. The van der Waals surface area contributed by atoms with Crippen LogP contribution >= 0.6 is 0 Å². The molecule has 0 radical (unpaired) electrons. The molecule has 2 heterocycles. The number of carbonyl (C=O) groups excluding carboxylic acids is 2. The average molecular weight is 491 g/mol. The molecule has 1 aliphatic carbocycles. The molecule has 2 aliphatic heterocycles. The normalized spacial score (nSPS) is 22.2. The van der Waals surface area contributed by atoms with E-state index in [1.165, 1.54) is 29.5 Å². The molecule has 3 aliphatic rings. The van der Waals surface area contributed by atoms with Gasteiger partial charge in [-0.25, -0.2) is 4.79 Å². The maximum atomic E-state index is 13.1. The van der Waals surface area contributed by atoms with E-state index < -0.39 is 0 Å². The Kier molecular flexibility index (Phi) is 7.19. The van der Waals surface area contributed by atoms with E-state index in [1.807, 2.05) is 30.0 Å². The third kappa shape index (κ3) is 5.21. The molecule has 0 bridgehead atoms. The number of nitrogens with zero attached hydrogens (tertiary/aromatic N) is 2. The summed E-state index contributed by atoms with van der Waals surface area (Å²) in [5, 5.41) is 6.23. The summed E-state index contributed by atoms with van der Waals surface area (Å²) in [7, 11) is 1.64. The first kappa shape index (κ1) is 24.6. The van der Waals surface area contributed by atoms with Gasteiger partial charge >= 0.3 is 6.03 Å². The lowest BCUT2D eigenvalue weighted by molar-refractivity contribution is -0.121. The largest absolute Gasteiger partial charge is 0.496 e. The molecule has 0 aromatic heterocycles. The van der Waals surface area contributed by atoms with E-state index in [4.69, 9.17) is 4.74 Å². The van der Waals surface area contributed by atoms with Crippen LogP contribution < -0.4 is 15.4 Å². The van der Waals surface area contributed by atoms with E-state index >= 15 is 0 Å². The van der Waals surface area contributed by atoms with Crippen molar-refractivity contribution < 1.29 is 14.3 Å². The third-order valence-corrected chi connectivity index (χ3v) is 8.15. The number of anilines is 2. The number of nitrogens with one attached hydrogen (secondary N) is 2. The van der Waals surface area contributed by atoms with Gasteiger partial charge in [-0.3, -0.25) is 9.69 Å². The summed E-state index contributed by atoms with van der Waals surface area (Å²) in [5.74, 6) is 0.782. The van der Waals surface area contributed by atoms with Crippen molar-refractivity contribution in [1.29, 1.82) is 0 Å². The second-order valence-corrected chi connectivity index (χ2v) is 10.7. The molecule has 0 unspecified atom stereocenters. The van der Waals surface area contributed by atoms with Crippen LogP contribution in [0.2, 0.25) is 0 Å². The van der Waals surface area contributed by atoms with Crippen LogP contribution in [0.5, 0.6) is 5.75 Å². The first-order valence-corrected chi connectivity index (χ1v) is 13.3. The van der Waals surface area contributed by atoms with Crippen LogP contribution in [0.4, 0.5) is 16.2 Å². The molecular weight excluding hydrogens is 452 g/mol. The zero-order chi connectivity index (χ0) is 25.2. The standard InChI is InChI=1S/C29H38N4O3/c1-19-6-9-23(16-27(19)36-3)30-28(34)22-7-10-24(11-8-22)33-18-25-20(2)14-21(15-26(25)31-29(33)35)17-32-12-4-5-13-32/h6,9,14-16,22,24H,4-5,7-8,10-13,17-18H2,1-3H3,(H,30,34)(H,31,35). The van der Waals surface area contributed by atoms with E-state index in [9.17, 15) is 9.59 Å². The van der Waals surface area contributed by atoms with Gasteiger partial charge in [0.2, 0.25) is 5.91 Å². The predicted molar refractivity (Wildman–Crippen MR) is 142 cm³/mol. The number of amides is 3. The van der Waals surface area contributed by atoms with Gasteiger partial charge in [0.25, 0.3) is 0 Å². The van der Waals surface area contributed by atoms with Crippen LogP contribution in [0, 0.1) is 19.8 Å². The smallest absolute Gasteiger partial charge is 0.322 e. The summed E-state index contributed by atoms with van der Waals surface area (Å²) in [6.45, 7) is 8.06. The Morgan fingerprint density at radius 1 is 1.06 bits per heavy atom. The van der Waals surface area contributed by atoms with Crippen molar-refractivity contribution in [3.05, 3.63) is 52.6 Å². The molecule has 2 N–H and O–H groups in total. The molecule has 7 nitrogen and oxygen atoms in total. The summed E-state index contributed by atoms with van der Waals surface area (Å²) >= 11 is 0.